The fourth-order valence-electron chi connectivity index (χ4n) is 4.15. The second-order valence-electron chi connectivity index (χ2n) is 7.94. The Labute approximate surface area is 203 Å². The number of nitro benzene ring substituents is 1. The number of nitrogens with zero attached hydrogens (tertiary/aromatic N) is 1. The van der Waals surface area contributed by atoms with Crippen LogP contribution in [0.1, 0.15) is 22.3 Å². The molecule has 0 fully saturated rings. The number of hydrogen-bond acceptors (Lipinski definition) is 5. The number of benzene rings is 4. The summed E-state index contributed by atoms with van der Waals surface area (Å²) in [5.74, 6) is 0. The lowest BCUT2D eigenvalue weighted by molar-refractivity contribution is -0.384. The maximum absolute atomic E-state index is 14.4. The van der Waals surface area contributed by atoms with Gasteiger partial charge in [-0.1, -0.05) is 91.0 Å². The molecule has 0 saturated carbocycles. The standard InChI is InChI=1S/C28H20N2O4S/c31-30(32)24-18-16-21(17-19-24)26-28(23-14-8-3-9-15-23)35(33,34)27(22-12-6-2-7-13-22)25(29-26)20-10-4-1-5-11-20/h1-19,29H. The summed E-state index contributed by atoms with van der Waals surface area (Å²) in [6.07, 6.45) is 0. The van der Waals surface area contributed by atoms with Crippen molar-refractivity contribution < 1.29 is 13.3 Å². The molecule has 6 nitrogen and oxygen atoms in total. The lowest BCUT2D eigenvalue weighted by atomic mass is 10.0. The van der Waals surface area contributed by atoms with Gasteiger partial charge in [-0.05, 0) is 34.4 Å². The second kappa shape index (κ2) is 9.04. The first-order valence-corrected chi connectivity index (χ1v) is 12.4. The minimum absolute atomic E-state index is 0.0712. The van der Waals surface area contributed by atoms with Crippen LogP contribution < -0.4 is 5.32 Å². The Balaban J connectivity index is 1.82. The van der Waals surface area contributed by atoms with Crippen molar-refractivity contribution in [3.05, 3.63) is 148 Å². The Morgan fingerprint density at radius 2 is 0.914 bits per heavy atom. The molecule has 0 atom stereocenters. The molecule has 4 aromatic rings. The fourth-order valence-corrected chi connectivity index (χ4v) is 6.12. The van der Waals surface area contributed by atoms with Crippen molar-refractivity contribution in [2.24, 2.45) is 0 Å². The van der Waals surface area contributed by atoms with Crippen LogP contribution in [0.2, 0.25) is 0 Å². The van der Waals surface area contributed by atoms with Crippen LogP contribution in [0.25, 0.3) is 21.2 Å². The Hall–Kier alpha value is -4.49. The van der Waals surface area contributed by atoms with Crippen LogP contribution in [0.15, 0.2) is 115 Å². The van der Waals surface area contributed by atoms with E-state index >= 15 is 0 Å². The minimum atomic E-state index is -4.03. The van der Waals surface area contributed by atoms with Crippen LogP contribution in [0.5, 0.6) is 0 Å². The van der Waals surface area contributed by atoms with Crippen LogP contribution in [-0.4, -0.2) is 13.3 Å². The van der Waals surface area contributed by atoms with Gasteiger partial charge in [-0.25, -0.2) is 8.42 Å². The minimum Gasteiger partial charge on any atom is -0.352 e. The van der Waals surface area contributed by atoms with Gasteiger partial charge in [0.1, 0.15) is 9.81 Å². The summed E-state index contributed by atoms with van der Waals surface area (Å²) in [4.78, 5) is 11.0. The van der Waals surface area contributed by atoms with Gasteiger partial charge in [0.05, 0.1) is 16.3 Å². The molecule has 0 saturated heterocycles. The molecule has 1 aliphatic rings. The normalized spacial score (nSPS) is 15.0. The summed E-state index contributed by atoms with van der Waals surface area (Å²) in [6, 6.07) is 33.0. The maximum atomic E-state index is 14.4. The van der Waals surface area contributed by atoms with E-state index in [0.29, 0.717) is 33.6 Å². The number of sulfone groups is 1. The molecule has 0 aromatic heterocycles. The first-order chi connectivity index (χ1) is 17.0. The van der Waals surface area contributed by atoms with Crippen molar-refractivity contribution in [2.45, 2.75) is 0 Å². The molecule has 0 amide bonds. The van der Waals surface area contributed by atoms with Gasteiger partial charge in [0, 0.05) is 12.1 Å². The second-order valence-corrected chi connectivity index (χ2v) is 9.76. The summed E-state index contributed by atoms with van der Waals surface area (Å²) in [6.45, 7) is 0. The van der Waals surface area contributed by atoms with Crippen molar-refractivity contribution in [3.8, 4) is 0 Å². The molecule has 172 valence electrons. The molecule has 5 rings (SSSR count). The fraction of sp³-hybridized carbons (Fsp3) is 0. The predicted octanol–water partition coefficient (Wildman–Crippen LogP) is 5.96. The van der Waals surface area contributed by atoms with Gasteiger partial charge in [0.25, 0.3) is 5.69 Å². The van der Waals surface area contributed by atoms with Crippen molar-refractivity contribution in [1.82, 2.24) is 5.32 Å². The molecule has 7 heteroatoms. The quantitative estimate of drug-likeness (QED) is 0.281. The molecule has 1 heterocycles. The smallest absolute Gasteiger partial charge is 0.269 e. The highest BCUT2D eigenvalue weighted by Gasteiger charge is 2.37. The number of hydrogen-bond donors (Lipinski definition) is 1. The lowest BCUT2D eigenvalue weighted by Gasteiger charge is -2.28. The predicted molar refractivity (Wildman–Crippen MR) is 138 cm³/mol. The third-order valence-corrected chi connectivity index (χ3v) is 7.70. The van der Waals surface area contributed by atoms with Gasteiger partial charge < -0.3 is 5.32 Å². The molecular formula is C28H20N2O4S. The Bertz CT molecular complexity index is 1560. The molecule has 0 bridgehead atoms. The average Bonchev–Trinajstić information content (AvgIpc) is 2.89. The molecule has 1 N–H and O–H groups in total. The van der Waals surface area contributed by atoms with Gasteiger partial charge in [0.2, 0.25) is 9.84 Å². The van der Waals surface area contributed by atoms with E-state index < -0.39 is 14.8 Å². The van der Waals surface area contributed by atoms with Crippen LogP contribution in [-0.2, 0) is 9.84 Å². The van der Waals surface area contributed by atoms with Crippen LogP contribution in [0.3, 0.4) is 0 Å². The molecule has 0 aliphatic carbocycles. The number of nitro groups is 1. The van der Waals surface area contributed by atoms with E-state index in [1.54, 1.807) is 60.7 Å². The van der Waals surface area contributed by atoms with Gasteiger partial charge in [0.15, 0.2) is 0 Å². The Morgan fingerprint density at radius 1 is 0.543 bits per heavy atom. The molecule has 0 spiro atoms. The summed E-state index contributed by atoms with van der Waals surface area (Å²) >= 11 is 0. The number of non-ortho nitro benzene ring substituents is 1. The first-order valence-electron chi connectivity index (χ1n) is 10.9. The van der Waals surface area contributed by atoms with Crippen molar-refractivity contribution in [1.29, 1.82) is 0 Å². The van der Waals surface area contributed by atoms with E-state index in [2.05, 4.69) is 5.32 Å². The molecule has 1 aliphatic heterocycles. The molecule has 35 heavy (non-hydrogen) atoms. The maximum Gasteiger partial charge on any atom is 0.269 e. The molecular weight excluding hydrogens is 460 g/mol. The zero-order valence-electron chi connectivity index (χ0n) is 18.5. The van der Waals surface area contributed by atoms with Crippen molar-refractivity contribution in [2.75, 3.05) is 0 Å². The van der Waals surface area contributed by atoms with E-state index in [-0.39, 0.29) is 15.5 Å². The van der Waals surface area contributed by atoms with Crippen molar-refractivity contribution in [3.63, 3.8) is 0 Å². The monoisotopic (exact) mass is 480 g/mol. The largest absolute Gasteiger partial charge is 0.352 e. The number of rotatable bonds is 5. The zero-order chi connectivity index (χ0) is 24.4. The number of nitrogens with one attached hydrogen (secondary N) is 1. The van der Waals surface area contributed by atoms with Crippen LogP contribution in [0, 0.1) is 10.1 Å². The summed E-state index contributed by atoms with van der Waals surface area (Å²) in [7, 11) is -4.03. The van der Waals surface area contributed by atoms with E-state index in [0.717, 1.165) is 0 Å². The summed E-state index contributed by atoms with van der Waals surface area (Å²) in [5.41, 5.74) is 3.07. The van der Waals surface area contributed by atoms with Gasteiger partial charge in [-0.15, -0.1) is 0 Å². The zero-order valence-corrected chi connectivity index (χ0v) is 19.3. The highest BCUT2D eigenvalue weighted by Crippen LogP contribution is 2.44. The summed E-state index contributed by atoms with van der Waals surface area (Å²) < 4.78 is 28.8. The van der Waals surface area contributed by atoms with E-state index in [1.807, 2.05) is 42.5 Å². The van der Waals surface area contributed by atoms with Crippen LogP contribution >= 0.6 is 0 Å². The first kappa shape index (κ1) is 22.3. The Kier molecular flexibility index (Phi) is 5.76. The molecule has 4 aromatic carbocycles. The van der Waals surface area contributed by atoms with Crippen LogP contribution in [0.4, 0.5) is 5.69 Å². The van der Waals surface area contributed by atoms with Gasteiger partial charge in [-0.3, -0.25) is 10.1 Å². The van der Waals surface area contributed by atoms with Crippen molar-refractivity contribution >= 4 is 36.7 Å². The summed E-state index contributed by atoms with van der Waals surface area (Å²) in [5, 5.41) is 14.6. The topological polar surface area (TPSA) is 89.3 Å². The van der Waals surface area contributed by atoms with Gasteiger partial charge in [-0.2, -0.15) is 0 Å². The highest BCUT2D eigenvalue weighted by atomic mass is 32.2. The van der Waals surface area contributed by atoms with E-state index in [4.69, 9.17) is 0 Å². The molecule has 0 unspecified atom stereocenters. The lowest BCUT2D eigenvalue weighted by Crippen LogP contribution is -2.25. The van der Waals surface area contributed by atoms with E-state index in [1.165, 1.54) is 12.1 Å². The Morgan fingerprint density at radius 3 is 1.31 bits per heavy atom. The van der Waals surface area contributed by atoms with E-state index in [9.17, 15) is 18.5 Å². The third kappa shape index (κ3) is 4.13. The average molecular weight is 481 g/mol. The van der Waals surface area contributed by atoms with Gasteiger partial charge >= 0.3 is 0 Å². The highest BCUT2D eigenvalue weighted by molar-refractivity contribution is 8.09. The molecule has 0 radical (unpaired) electrons. The SMILES string of the molecule is O=[N+]([O-])c1ccc(C2=C(c3ccccc3)S(=O)(=O)C(c3ccccc3)=C(c3ccccc3)N2)cc1. The third-order valence-electron chi connectivity index (χ3n) is 5.74.